The lowest BCUT2D eigenvalue weighted by atomic mass is 9.84. The molecule has 2 rings (SSSR count). The molecule has 0 radical (unpaired) electrons. The van der Waals surface area contributed by atoms with Crippen LogP contribution in [0.1, 0.15) is 69.7 Å². The van der Waals surface area contributed by atoms with E-state index in [1.165, 1.54) is 4.88 Å². The molecule has 2 aromatic rings. The van der Waals surface area contributed by atoms with E-state index < -0.39 is 0 Å². The van der Waals surface area contributed by atoms with Crippen LogP contribution in [0.4, 0.5) is 0 Å². The predicted octanol–water partition coefficient (Wildman–Crippen LogP) is 6.34. The van der Waals surface area contributed by atoms with Crippen molar-refractivity contribution in [1.29, 1.82) is 0 Å². The van der Waals surface area contributed by atoms with E-state index in [9.17, 15) is 9.59 Å². The molecule has 1 atom stereocenters. The third-order valence-corrected chi connectivity index (χ3v) is 7.33. The Morgan fingerprint density at radius 2 is 1.65 bits per heavy atom. The molecule has 1 unspecified atom stereocenters. The normalized spacial score (nSPS) is 12.4. The fourth-order valence-corrected chi connectivity index (χ4v) is 5.59. The number of ether oxygens (including phenoxy) is 2. The third kappa shape index (κ3) is 10.0. The Kier molecular flexibility index (Phi) is 11.5. The van der Waals surface area contributed by atoms with Crippen LogP contribution < -0.4 is 9.47 Å². The Bertz CT molecular complexity index is 1020. The number of nitrogens with zero attached hydrogens (tertiary/aromatic N) is 2. The lowest BCUT2D eigenvalue weighted by Crippen LogP contribution is -2.46. The summed E-state index contributed by atoms with van der Waals surface area (Å²) in [6, 6.07) is 9.96. The third-order valence-electron chi connectivity index (χ3n) is 6.35. The zero-order valence-electron chi connectivity index (χ0n) is 24.2. The van der Waals surface area contributed by atoms with Crippen LogP contribution in [0.15, 0.2) is 30.3 Å². The predicted molar refractivity (Wildman–Crippen MR) is 152 cm³/mol. The summed E-state index contributed by atoms with van der Waals surface area (Å²) in [5, 5.41) is 0. The summed E-state index contributed by atoms with van der Waals surface area (Å²) in [6.07, 6.45) is 2.10. The van der Waals surface area contributed by atoms with Crippen LogP contribution in [-0.2, 0) is 22.6 Å². The first-order valence-electron chi connectivity index (χ1n) is 13.2. The van der Waals surface area contributed by atoms with Gasteiger partial charge in [0.15, 0.2) is 11.5 Å². The zero-order chi connectivity index (χ0) is 27.8. The first kappa shape index (κ1) is 30.7. The van der Waals surface area contributed by atoms with Gasteiger partial charge in [-0.3, -0.25) is 9.59 Å². The van der Waals surface area contributed by atoms with E-state index in [0.29, 0.717) is 37.4 Å². The van der Waals surface area contributed by atoms with Gasteiger partial charge in [0.2, 0.25) is 11.8 Å². The van der Waals surface area contributed by atoms with Crippen LogP contribution in [-0.4, -0.2) is 55.0 Å². The summed E-state index contributed by atoms with van der Waals surface area (Å²) in [5.74, 6) is 1.63. The van der Waals surface area contributed by atoms with Crippen molar-refractivity contribution in [3.05, 3.63) is 45.6 Å². The minimum Gasteiger partial charge on any atom is -0.493 e. The first-order valence-corrected chi connectivity index (χ1v) is 14.0. The van der Waals surface area contributed by atoms with Crippen LogP contribution in [0.2, 0.25) is 0 Å². The summed E-state index contributed by atoms with van der Waals surface area (Å²) in [7, 11) is 3.24. The zero-order valence-corrected chi connectivity index (χ0v) is 25.0. The molecule has 206 valence electrons. The summed E-state index contributed by atoms with van der Waals surface area (Å²) in [5.41, 5.74) is 1.23. The Morgan fingerprint density at radius 1 is 0.973 bits per heavy atom. The van der Waals surface area contributed by atoms with Gasteiger partial charge < -0.3 is 19.3 Å². The number of hydrogen-bond acceptors (Lipinski definition) is 5. The Hall–Kier alpha value is -2.54. The van der Waals surface area contributed by atoms with E-state index in [4.69, 9.17) is 9.47 Å². The summed E-state index contributed by atoms with van der Waals surface area (Å²) in [4.78, 5) is 32.8. The van der Waals surface area contributed by atoms with Gasteiger partial charge in [-0.2, -0.15) is 0 Å². The lowest BCUT2D eigenvalue weighted by Gasteiger charge is -2.31. The molecule has 0 aliphatic heterocycles. The van der Waals surface area contributed by atoms with Crippen molar-refractivity contribution in [2.75, 3.05) is 27.3 Å². The van der Waals surface area contributed by atoms with Crippen molar-refractivity contribution in [3.8, 4) is 11.5 Å². The number of carbonyl (C=O) groups is 2. The van der Waals surface area contributed by atoms with Crippen molar-refractivity contribution in [3.63, 3.8) is 0 Å². The molecule has 0 N–H and O–H groups in total. The second-order valence-corrected chi connectivity index (χ2v) is 12.8. The number of amides is 2. The molecule has 37 heavy (non-hydrogen) atoms. The van der Waals surface area contributed by atoms with E-state index in [2.05, 4.69) is 46.8 Å². The van der Waals surface area contributed by atoms with Crippen molar-refractivity contribution in [2.45, 2.75) is 80.3 Å². The highest BCUT2D eigenvalue weighted by Gasteiger charge is 2.26. The van der Waals surface area contributed by atoms with Gasteiger partial charge in [0, 0.05) is 28.8 Å². The monoisotopic (exact) mass is 530 g/mol. The Labute approximate surface area is 227 Å². The van der Waals surface area contributed by atoms with E-state index >= 15 is 0 Å². The Balaban J connectivity index is 2.17. The first-order chi connectivity index (χ1) is 17.3. The van der Waals surface area contributed by atoms with E-state index in [0.717, 1.165) is 16.9 Å². The molecular weight excluding hydrogens is 484 g/mol. The van der Waals surface area contributed by atoms with Gasteiger partial charge in [-0.1, -0.05) is 33.8 Å². The van der Waals surface area contributed by atoms with Crippen LogP contribution in [0.25, 0.3) is 0 Å². The largest absolute Gasteiger partial charge is 0.493 e. The van der Waals surface area contributed by atoms with Crippen molar-refractivity contribution < 1.29 is 19.1 Å². The van der Waals surface area contributed by atoms with Crippen molar-refractivity contribution in [2.24, 2.45) is 11.3 Å². The number of rotatable bonds is 13. The maximum atomic E-state index is 13.6. The van der Waals surface area contributed by atoms with Gasteiger partial charge in [-0.05, 0) is 74.8 Å². The van der Waals surface area contributed by atoms with Gasteiger partial charge in [0.1, 0.15) is 0 Å². The number of thiophene rings is 1. The smallest absolute Gasteiger partial charge is 0.242 e. The second kappa shape index (κ2) is 13.8. The Morgan fingerprint density at radius 3 is 2.19 bits per heavy atom. The SMILES string of the molecule is COc1ccc(CCN(Cc2ccc(C)s2)C(=O)CN(C(=O)CC(C)CC(C)(C)C)C(C)C)cc1OC. The maximum absolute atomic E-state index is 13.6. The van der Waals surface area contributed by atoms with Crippen molar-refractivity contribution in [1.82, 2.24) is 9.80 Å². The highest BCUT2D eigenvalue weighted by Crippen LogP contribution is 2.28. The minimum absolute atomic E-state index is 0.0305. The molecule has 0 bridgehead atoms. The van der Waals surface area contributed by atoms with E-state index in [1.54, 1.807) is 30.5 Å². The molecule has 1 aromatic heterocycles. The van der Waals surface area contributed by atoms with Crippen LogP contribution in [0.5, 0.6) is 11.5 Å². The topological polar surface area (TPSA) is 59.1 Å². The molecule has 0 saturated heterocycles. The summed E-state index contributed by atoms with van der Waals surface area (Å²) in [6.45, 7) is 15.9. The summed E-state index contributed by atoms with van der Waals surface area (Å²) >= 11 is 1.70. The molecule has 0 spiro atoms. The maximum Gasteiger partial charge on any atom is 0.242 e. The van der Waals surface area contributed by atoms with Crippen LogP contribution >= 0.6 is 11.3 Å². The van der Waals surface area contributed by atoms with Gasteiger partial charge in [0.05, 0.1) is 27.3 Å². The fourth-order valence-electron chi connectivity index (χ4n) is 4.69. The van der Waals surface area contributed by atoms with Crippen molar-refractivity contribution >= 4 is 23.2 Å². The van der Waals surface area contributed by atoms with Gasteiger partial charge >= 0.3 is 0 Å². The molecular formula is C30H46N2O4S. The van der Waals surface area contributed by atoms with Gasteiger partial charge in [0.25, 0.3) is 0 Å². The fraction of sp³-hybridized carbons (Fsp3) is 0.600. The average Bonchev–Trinajstić information content (AvgIpc) is 3.22. The number of benzene rings is 1. The van der Waals surface area contributed by atoms with Crippen LogP contribution in [0.3, 0.4) is 0 Å². The molecule has 1 aromatic carbocycles. The summed E-state index contributed by atoms with van der Waals surface area (Å²) < 4.78 is 10.8. The van der Waals surface area contributed by atoms with E-state index in [-0.39, 0.29) is 35.7 Å². The molecule has 0 aliphatic rings. The second-order valence-electron chi connectivity index (χ2n) is 11.5. The molecule has 0 fully saturated rings. The van der Waals surface area contributed by atoms with E-state index in [1.807, 2.05) is 36.9 Å². The number of methoxy groups -OCH3 is 2. The number of aryl methyl sites for hydroxylation is 1. The molecule has 2 amide bonds. The number of carbonyl (C=O) groups excluding carboxylic acids is 2. The molecule has 0 saturated carbocycles. The molecule has 1 heterocycles. The average molecular weight is 531 g/mol. The molecule has 6 nitrogen and oxygen atoms in total. The lowest BCUT2D eigenvalue weighted by molar-refractivity contribution is -0.143. The molecule has 7 heteroatoms. The number of hydrogen-bond donors (Lipinski definition) is 0. The standard InChI is InChI=1S/C30H46N2O4S/c1-21(2)32(28(33)16-22(3)18-30(5,6)7)20-29(34)31(19-25-12-10-23(4)37-25)15-14-24-11-13-26(35-8)27(17-24)36-9/h10-13,17,21-22H,14-16,18-20H2,1-9H3. The quantitative estimate of drug-likeness (QED) is 0.303. The van der Waals surface area contributed by atoms with Crippen LogP contribution in [0, 0.1) is 18.3 Å². The molecule has 0 aliphatic carbocycles. The highest BCUT2D eigenvalue weighted by atomic mass is 32.1. The minimum atomic E-state index is -0.0463. The van der Waals surface area contributed by atoms with Gasteiger partial charge in [-0.25, -0.2) is 0 Å². The highest BCUT2D eigenvalue weighted by molar-refractivity contribution is 7.11. The van der Waals surface area contributed by atoms with Gasteiger partial charge in [-0.15, -0.1) is 11.3 Å².